The van der Waals surface area contributed by atoms with Crippen molar-refractivity contribution >= 4 is 12.4 Å². The second-order valence-corrected chi connectivity index (χ2v) is 4.15. The molecule has 0 amide bonds. The highest BCUT2D eigenvalue weighted by Crippen LogP contribution is 2.13. The number of imidazole rings is 1. The van der Waals surface area contributed by atoms with Crippen LogP contribution in [0.2, 0.25) is 0 Å². The molecule has 0 unspecified atom stereocenters. The van der Waals surface area contributed by atoms with Crippen LogP contribution in [0.5, 0.6) is 5.75 Å². The molecule has 19 heavy (non-hydrogen) atoms. The number of nitrogens with zero attached hydrogens (tertiary/aromatic N) is 2. The first kappa shape index (κ1) is 13.5. The average molecular weight is 269 g/mol. The second kappa shape index (κ2) is 5.82. The molecule has 1 aromatic heterocycles. The predicted octanol–water partition coefficient (Wildman–Crippen LogP) is 2.41. The standard InChI is InChI=1S/C12H13BF3N2O/c14-13(15,16)11-2-4-12(5-3-11)19-9-1-7-18-8-6-17-10-18/h2-6,8,10H,1,7,9H2/q-1. The van der Waals surface area contributed by atoms with Crippen molar-refractivity contribution in [3.05, 3.63) is 43.0 Å². The molecule has 0 spiro atoms. The van der Waals surface area contributed by atoms with E-state index < -0.39 is 12.4 Å². The van der Waals surface area contributed by atoms with Crippen LogP contribution in [0.25, 0.3) is 0 Å². The molecule has 7 heteroatoms. The van der Waals surface area contributed by atoms with Gasteiger partial charge in [-0.3, -0.25) is 0 Å². The molecule has 0 radical (unpaired) electrons. The molecule has 0 saturated carbocycles. The highest BCUT2D eigenvalue weighted by molar-refractivity contribution is 6.73. The van der Waals surface area contributed by atoms with Crippen LogP contribution in [0.3, 0.4) is 0 Å². The van der Waals surface area contributed by atoms with Crippen LogP contribution in [0.15, 0.2) is 43.0 Å². The number of aryl methyl sites for hydroxylation is 1. The van der Waals surface area contributed by atoms with Gasteiger partial charge in [-0.05, 0) is 18.6 Å². The third kappa shape index (κ3) is 4.05. The lowest BCUT2D eigenvalue weighted by Crippen LogP contribution is -2.33. The molecule has 0 aliphatic rings. The Bertz CT molecular complexity index is 497. The van der Waals surface area contributed by atoms with E-state index in [1.165, 1.54) is 12.1 Å². The molecule has 2 rings (SSSR count). The van der Waals surface area contributed by atoms with E-state index in [9.17, 15) is 12.9 Å². The highest BCUT2D eigenvalue weighted by atomic mass is 19.4. The molecule has 0 aliphatic carbocycles. The average Bonchev–Trinajstić information content (AvgIpc) is 2.87. The van der Waals surface area contributed by atoms with Crippen molar-refractivity contribution in [1.82, 2.24) is 9.55 Å². The minimum atomic E-state index is -4.93. The third-order valence-electron chi connectivity index (χ3n) is 2.65. The first-order chi connectivity index (χ1) is 9.05. The Balaban J connectivity index is 1.77. The van der Waals surface area contributed by atoms with Crippen LogP contribution >= 0.6 is 0 Å². The Hall–Kier alpha value is -1.92. The summed E-state index contributed by atoms with van der Waals surface area (Å²) in [6.07, 6.45) is 6.01. The number of rotatable bonds is 6. The maximum absolute atomic E-state index is 12.4. The zero-order valence-corrected chi connectivity index (χ0v) is 10.2. The maximum atomic E-state index is 12.4. The number of aromatic nitrogens is 2. The Labute approximate surface area is 109 Å². The highest BCUT2D eigenvalue weighted by Gasteiger charge is 2.24. The van der Waals surface area contributed by atoms with Gasteiger partial charge in [0, 0.05) is 18.9 Å². The van der Waals surface area contributed by atoms with Crippen molar-refractivity contribution in [2.24, 2.45) is 0 Å². The van der Waals surface area contributed by atoms with Crippen molar-refractivity contribution in [2.75, 3.05) is 6.61 Å². The summed E-state index contributed by atoms with van der Waals surface area (Å²) in [6.45, 7) is -3.71. The molecule has 0 aliphatic heterocycles. The summed E-state index contributed by atoms with van der Waals surface area (Å²) in [4.78, 5) is 3.91. The number of hydrogen-bond acceptors (Lipinski definition) is 2. The number of hydrogen-bond donors (Lipinski definition) is 0. The molecule has 3 nitrogen and oxygen atoms in total. The van der Waals surface area contributed by atoms with Crippen LogP contribution in [-0.2, 0) is 6.54 Å². The minimum absolute atomic E-state index is 0.453. The Morgan fingerprint density at radius 2 is 1.89 bits per heavy atom. The summed E-state index contributed by atoms with van der Waals surface area (Å²) in [5.41, 5.74) is -0.606. The number of halogens is 3. The third-order valence-corrected chi connectivity index (χ3v) is 2.65. The normalized spacial score (nSPS) is 11.5. The Kier molecular flexibility index (Phi) is 4.14. The summed E-state index contributed by atoms with van der Waals surface area (Å²) in [5, 5.41) is 0. The van der Waals surface area contributed by atoms with E-state index in [4.69, 9.17) is 4.74 Å². The van der Waals surface area contributed by atoms with Crippen LogP contribution in [0.1, 0.15) is 6.42 Å². The topological polar surface area (TPSA) is 27.1 Å². The number of ether oxygens (including phenoxy) is 1. The van der Waals surface area contributed by atoms with E-state index in [1.54, 1.807) is 12.5 Å². The van der Waals surface area contributed by atoms with Gasteiger partial charge in [0.1, 0.15) is 5.75 Å². The molecule has 2 aromatic rings. The van der Waals surface area contributed by atoms with Crippen molar-refractivity contribution in [1.29, 1.82) is 0 Å². The van der Waals surface area contributed by atoms with Crippen LogP contribution < -0.4 is 10.2 Å². The molecule has 0 N–H and O–H groups in total. The van der Waals surface area contributed by atoms with E-state index >= 15 is 0 Å². The van der Waals surface area contributed by atoms with Crippen molar-refractivity contribution in [2.45, 2.75) is 13.0 Å². The molecule has 1 aromatic carbocycles. The largest absolute Gasteiger partial charge is 0.509 e. The van der Waals surface area contributed by atoms with Crippen LogP contribution in [0, 0.1) is 0 Å². The van der Waals surface area contributed by atoms with Crippen LogP contribution in [-0.4, -0.2) is 23.1 Å². The van der Waals surface area contributed by atoms with E-state index in [2.05, 4.69) is 4.98 Å². The van der Waals surface area contributed by atoms with E-state index in [1.807, 2.05) is 10.8 Å². The van der Waals surface area contributed by atoms with Gasteiger partial charge in [-0.15, -0.1) is 5.46 Å². The smallest absolute Gasteiger partial charge is 0.494 e. The summed E-state index contributed by atoms with van der Waals surface area (Å²) >= 11 is 0. The van der Waals surface area contributed by atoms with Gasteiger partial charge < -0.3 is 22.3 Å². The molecule has 102 valence electrons. The Morgan fingerprint density at radius 3 is 2.47 bits per heavy atom. The van der Waals surface area contributed by atoms with E-state index in [0.29, 0.717) is 12.4 Å². The fourth-order valence-corrected chi connectivity index (χ4v) is 1.64. The maximum Gasteiger partial charge on any atom is 0.509 e. The molecule has 0 atom stereocenters. The van der Waals surface area contributed by atoms with Gasteiger partial charge >= 0.3 is 6.98 Å². The van der Waals surface area contributed by atoms with Crippen LogP contribution in [0.4, 0.5) is 12.9 Å². The summed E-state index contributed by atoms with van der Waals surface area (Å²) in [7, 11) is 0. The van der Waals surface area contributed by atoms with Crippen molar-refractivity contribution < 1.29 is 17.7 Å². The lowest BCUT2D eigenvalue weighted by Gasteiger charge is -2.15. The lowest BCUT2D eigenvalue weighted by molar-refractivity contribution is 0.302. The fourth-order valence-electron chi connectivity index (χ4n) is 1.64. The number of benzene rings is 1. The molecule has 0 saturated heterocycles. The Morgan fingerprint density at radius 1 is 1.16 bits per heavy atom. The van der Waals surface area contributed by atoms with E-state index in [-0.39, 0.29) is 0 Å². The van der Waals surface area contributed by atoms with Crippen molar-refractivity contribution in [3.8, 4) is 5.75 Å². The summed E-state index contributed by atoms with van der Waals surface area (Å²) < 4.78 is 44.5. The molecule has 0 bridgehead atoms. The van der Waals surface area contributed by atoms with Gasteiger partial charge in [-0.25, -0.2) is 4.98 Å². The van der Waals surface area contributed by atoms with Gasteiger partial charge in [0.25, 0.3) is 0 Å². The van der Waals surface area contributed by atoms with Gasteiger partial charge in [0.15, 0.2) is 0 Å². The molecule has 1 heterocycles. The first-order valence-electron chi connectivity index (χ1n) is 5.94. The van der Waals surface area contributed by atoms with Gasteiger partial charge in [0.05, 0.1) is 12.9 Å². The van der Waals surface area contributed by atoms with Gasteiger partial charge in [-0.2, -0.15) is 0 Å². The lowest BCUT2D eigenvalue weighted by atomic mass is 9.80. The minimum Gasteiger partial charge on any atom is -0.494 e. The zero-order valence-electron chi connectivity index (χ0n) is 10.2. The molecular weight excluding hydrogens is 256 g/mol. The summed E-state index contributed by atoms with van der Waals surface area (Å²) in [5.74, 6) is 0.453. The first-order valence-corrected chi connectivity index (χ1v) is 5.94. The predicted molar refractivity (Wildman–Crippen MR) is 67.5 cm³/mol. The zero-order chi connectivity index (χ0) is 13.7. The SMILES string of the molecule is F[B-](F)(F)c1ccc(OCCCn2ccnc2)cc1. The molecule has 0 fully saturated rings. The van der Waals surface area contributed by atoms with Gasteiger partial charge in [-0.1, -0.05) is 12.1 Å². The van der Waals surface area contributed by atoms with Crippen molar-refractivity contribution in [3.63, 3.8) is 0 Å². The van der Waals surface area contributed by atoms with Gasteiger partial charge in [0.2, 0.25) is 0 Å². The van der Waals surface area contributed by atoms with E-state index in [0.717, 1.165) is 25.1 Å². The summed E-state index contributed by atoms with van der Waals surface area (Å²) in [6, 6.07) is 4.79. The quantitative estimate of drug-likeness (QED) is 0.594. The fraction of sp³-hybridized carbons (Fsp3) is 0.250. The second-order valence-electron chi connectivity index (χ2n) is 4.15. The monoisotopic (exact) mass is 269 g/mol. The molecular formula is C12H13BF3N2O-.